The van der Waals surface area contributed by atoms with Gasteiger partial charge in [-0.25, -0.2) is 9.78 Å². The van der Waals surface area contributed by atoms with E-state index in [4.69, 9.17) is 16.3 Å². The van der Waals surface area contributed by atoms with Gasteiger partial charge in [0.25, 0.3) is 5.56 Å². The van der Waals surface area contributed by atoms with E-state index in [1.807, 2.05) is 38.1 Å². The molecule has 0 aliphatic heterocycles. The average Bonchev–Trinajstić information content (AvgIpc) is 2.99. The van der Waals surface area contributed by atoms with E-state index in [-0.39, 0.29) is 24.2 Å². The molecule has 0 saturated carbocycles. The van der Waals surface area contributed by atoms with E-state index in [1.54, 1.807) is 13.8 Å². The Kier molecular flexibility index (Phi) is 6.17. The standard InChI is InChI=1S/C20H22ClN3O3S/c1-5-27-20(26)16-10(2)15-18(25)23-17(24-19(15)28-16)12(4)22-11(3)13-8-6-7-9-14(13)21/h6-9,11-12,22H,5H2,1-4H3,(H,23,24,25)/t11-,12-/m0/s1. The van der Waals surface area contributed by atoms with Crippen molar-refractivity contribution in [3.05, 3.63) is 61.5 Å². The Balaban J connectivity index is 1.92. The molecule has 1 aromatic carbocycles. The van der Waals surface area contributed by atoms with E-state index >= 15 is 0 Å². The molecule has 6 nitrogen and oxygen atoms in total. The Labute approximate surface area is 171 Å². The van der Waals surface area contributed by atoms with Crippen molar-refractivity contribution in [2.45, 2.75) is 39.8 Å². The number of aryl methyl sites for hydroxylation is 1. The van der Waals surface area contributed by atoms with Gasteiger partial charge in [0, 0.05) is 11.1 Å². The largest absolute Gasteiger partial charge is 0.462 e. The lowest BCUT2D eigenvalue weighted by Crippen LogP contribution is -2.26. The molecule has 0 saturated heterocycles. The molecule has 3 aromatic rings. The van der Waals surface area contributed by atoms with Crippen molar-refractivity contribution in [2.24, 2.45) is 0 Å². The van der Waals surface area contributed by atoms with Crippen LogP contribution in [-0.2, 0) is 4.74 Å². The predicted molar refractivity (Wildman–Crippen MR) is 112 cm³/mol. The lowest BCUT2D eigenvalue weighted by molar-refractivity contribution is 0.0531. The molecule has 2 atom stereocenters. The summed E-state index contributed by atoms with van der Waals surface area (Å²) in [5, 5.41) is 4.52. The van der Waals surface area contributed by atoms with Gasteiger partial charge in [-0.2, -0.15) is 0 Å². The predicted octanol–water partition coefficient (Wildman–Crippen LogP) is 4.53. The summed E-state index contributed by atoms with van der Waals surface area (Å²) in [7, 11) is 0. The molecule has 0 fully saturated rings. The molecule has 0 bridgehead atoms. The van der Waals surface area contributed by atoms with E-state index in [1.165, 1.54) is 11.3 Å². The fourth-order valence-electron chi connectivity index (χ4n) is 3.13. The number of nitrogens with zero attached hydrogens (tertiary/aromatic N) is 1. The first-order valence-electron chi connectivity index (χ1n) is 9.04. The number of H-pyrrole nitrogens is 1. The van der Waals surface area contributed by atoms with Crippen molar-refractivity contribution in [1.29, 1.82) is 0 Å². The highest BCUT2D eigenvalue weighted by atomic mass is 35.5. The topological polar surface area (TPSA) is 84.1 Å². The maximum atomic E-state index is 12.6. The third-order valence-corrected chi connectivity index (χ3v) is 6.07. The zero-order chi connectivity index (χ0) is 20.4. The van der Waals surface area contributed by atoms with Crippen LogP contribution >= 0.6 is 22.9 Å². The van der Waals surface area contributed by atoms with Gasteiger partial charge in [0.1, 0.15) is 15.5 Å². The summed E-state index contributed by atoms with van der Waals surface area (Å²) >= 11 is 7.45. The van der Waals surface area contributed by atoms with Crippen molar-refractivity contribution >= 4 is 39.1 Å². The van der Waals surface area contributed by atoms with Gasteiger partial charge < -0.3 is 15.0 Å². The molecule has 0 unspecified atom stereocenters. The first kappa shape index (κ1) is 20.5. The number of benzene rings is 1. The Morgan fingerprint density at radius 2 is 2.04 bits per heavy atom. The van der Waals surface area contributed by atoms with Crippen LogP contribution in [0, 0.1) is 6.92 Å². The minimum atomic E-state index is -0.428. The molecule has 2 aromatic heterocycles. The third-order valence-electron chi connectivity index (χ3n) is 4.56. The van der Waals surface area contributed by atoms with Gasteiger partial charge in [-0.15, -0.1) is 11.3 Å². The molecule has 0 aliphatic carbocycles. The van der Waals surface area contributed by atoms with Crippen molar-refractivity contribution in [2.75, 3.05) is 6.61 Å². The van der Waals surface area contributed by atoms with Crippen molar-refractivity contribution in [1.82, 2.24) is 15.3 Å². The zero-order valence-corrected chi connectivity index (χ0v) is 17.7. The van der Waals surface area contributed by atoms with Crippen molar-refractivity contribution in [3.8, 4) is 0 Å². The van der Waals surface area contributed by atoms with Crippen LogP contribution in [0.5, 0.6) is 0 Å². The lowest BCUT2D eigenvalue weighted by atomic mass is 10.1. The highest BCUT2D eigenvalue weighted by molar-refractivity contribution is 7.20. The summed E-state index contributed by atoms with van der Waals surface area (Å²) in [6.45, 7) is 7.69. The number of carbonyl (C=O) groups is 1. The molecule has 28 heavy (non-hydrogen) atoms. The lowest BCUT2D eigenvalue weighted by Gasteiger charge is -2.20. The maximum absolute atomic E-state index is 12.6. The second-order valence-corrected chi connectivity index (χ2v) is 7.95. The molecule has 0 aliphatic rings. The fraction of sp³-hybridized carbons (Fsp3) is 0.350. The van der Waals surface area contributed by atoms with Crippen molar-refractivity contribution < 1.29 is 9.53 Å². The number of fused-ring (bicyclic) bond motifs is 1. The van der Waals surface area contributed by atoms with Gasteiger partial charge in [-0.1, -0.05) is 29.8 Å². The van der Waals surface area contributed by atoms with E-state index in [9.17, 15) is 9.59 Å². The number of aromatic amines is 1. The summed E-state index contributed by atoms with van der Waals surface area (Å²) in [6.07, 6.45) is 0. The second kappa shape index (κ2) is 8.43. The van der Waals surface area contributed by atoms with Gasteiger partial charge in [0.2, 0.25) is 0 Å². The zero-order valence-electron chi connectivity index (χ0n) is 16.1. The Hall–Kier alpha value is -2.22. The third kappa shape index (κ3) is 3.97. The highest BCUT2D eigenvalue weighted by Crippen LogP contribution is 2.29. The smallest absolute Gasteiger partial charge is 0.348 e. The SMILES string of the molecule is CCOC(=O)c1sc2nc([C@H](C)N[C@@H](C)c3ccccc3Cl)[nH]c(=O)c2c1C. The Bertz CT molecular complexity index is 1080. The molecule has 2 N–H and O–H groups in total. The number of esters is 1. The quantitative estimate of drug-likeness (QED) is 0.573. The van der Waals surface area contributed by atoms with E-state index in [2.05, 4.69) is 15.3 Å². The molecule has 3 rings (SSSR count). The number of thiophene rings is 1. The number of hydrogen-bond acceptors (Lipinski definition) is 6. The van der Waals surface area contributed by atoms with Crippen LogP contribution in [-0.4, -0.2) is 22.5 Å². The van der Waals surface area contributed by atoms with E-state index < -0.39 is 5.97 Å². The number of nitrogens with one attached hydrogen (secondary N) is 2. The Morgan fingerprint density at radius 3 is 2.71 bits per heavy atom. The average molecular weight is 420 g/mol. The molecular weight excluding hydrogens is 398 g/mol. The minimum absolute atomic E-state index is 0.0372. The Morgan fingerprint density at radius 1 is 1.32 bits per heavy atom. The first-order valence-corrected chi connectivity index (χ1v) is 10.2. The van der Waals surface area contributed by atoms with Crippen molar-refractivity contribution in [3.63, 3.8) is 0 Å². The van der Waals surface area contributed by atoms with Crippen LogP contribution in [0.15, 0.2) is 29.1 Å². The molecule has 8 heteroatoms. The van der Waals surface area contributed by atoms with Crippen LogP contribution in [0.2, 0.25) is 5.02 Å². The van der Waals surface area contributed by atoms with Gasteiger partial charge in [-0.3, -0.25) is 4.79 Å². The summed E-state index contributed by atoms with van der Waals surface area (Å²) < 4.78 is 5.08. The number of ether oxygens (including phenoxy) is 1. The van der Waals surface area contributed by atoms with Crippen LogP contribution in [0.25, 0.3) is 10.2 Å². The molecular formula is C20H22ClN3O3S. The van der Waals surface area contributed by atoms with Crippen LogP contribution in [0.4, 0.5) is 0 Å². The summed E-state index contributed by atoms with van der Waals surface area (Å²) in [6, 6.07) is 7.36. The van der Waals surface area contributed by atoms with Gasteiger partial charge in [0.05, 0.1) is 18.0 Å². The number of hydrogen-bond donors (Lipinski definition) is 2. The summed E-state index contributed by atoms with van der Waals surface area (Å²) in [5.41, 5.74) is 1.31. The highest BCUT2D eigenvalue weighted by Gasteiger charge is 2.22. The van der Waals surface area contributed by atoms with Crippen LogP contribution < -0.4 is 10.9 Å². The van der Waals surface area contributed by atoms with E-state index in [0.717, 1.165) is 5.56 Å². The minimum Gasteiger partial charge on any atom is -0.462 e. The molecule has 0 amide bonds. The number of carbonyl (C=O) groups excluding carboxylic acids is 1. The number of halogens is 1. The van der Waals surface area contributed by atoms with Gasteiger partial charge in [-0.05, 0) is 44.9 Å². The number of aromatic nitrogens is 2. The maximum Gasteiger partial charge on any atom is 0.348 e. The van der Waals surface area contributed by atoms with E-state index in [0.29, 0.717) is 31.5 Å². The second-order valence-electron chi connectivity index (χ2n) is 6.54. The van der Waals surface area contributed by atoms with Crippen LogP contribution in [0.1, 0.15) is 59.5 Å². The van der Waals surface area contributed by atoms with Crippen LogP contribution in [0.3, 0.4) is 0 Å². The fourth-order valence-corrected chi connectivity index (χ4v) is 4.51. The molecule has 148 valence electrons. The normalized spacial score (nSPS) is 13.5. The summed E-state index contributed by atoms with van der Waals surface area (Å²) in [5.74, 6) is 0.0792. The molecule has 2 heterocycles. The monoisotopic (exact) mass is 419 g/mol. The van der Waals surface area contributed by atoms with Gasteiger partial charge >= 0.3 is 5.97 Å². The first-order chi connectivity index (χ1) is 13.3. The van der Waals surface area contributed by atoms with Gasteiger partial charge in [0.15, 0.2) is 0 Å². The summed E-state index contributed by atoms with van der Waals surface area (Å²) in [4.78, 5) is 33.1. The molecule has 0 radical (unpaired) electrons. The molecule has 0 spiro atoms. The number of rotatable bonds is 6.